The lowest BCUT2D eigenvalue weighted by Gasteiger charge is -2.21. The van der Waals surface area contributed by atoms with Crippen LogP contribution in [0.4, 0.5) is 4.39 Å². The monoisotopic (exact) mass is 289 g/mol. The first kappa shape index (κ1) is 15.1. The van der Waals surface area contributed by atoms with Crippen LogP contribution in [0.15, 0.2) is 58.3 Å². The van der Waals surface area contributed by atoms with Gasteiger partial charge in [0.15, 0.2) is 0 Å². The molecule has 2 rings (SSSR count). The highest BCUT2D eigenvalue weighted by molar-refractivity contribution is 7.99. The first-order chi connectivity index (χ1) is 9.44. The Balaban J connectivity index is 2.19. The number of rotatable bonds is 4. The molecule has 0 amide bonds. The molecule has 0 heterocycles. The summed E-state index contributed by atoms with van der Waals surface area (Å²) in [5, 5.41) is 3.41. The second-order valence-corrected chi connectivity index (χ2v) is 6.89. The summed E-state index contributed by atoms with van der Waals surface area (Å²) >= 11 is 1.67. The third-order valence-corrected chi connectivity index (χ3v) is 3.93. The molecule has 1 nitrogen and oxygen atoms in total. The predicted molar refractivity (Wildman–Crippen MR) is 83.6 cm³/mol. The number of benzene rings is 2. The molecule has 106 valence electrons. The second-order valence-electron chi connectivity index (χ2n) is 5.77. The maximum absolute atomic E-state index is 13.5. The van der Waals surface area contributed by atoms with Crippen molar-refractivity contribution in [2.75, 3.05) is 0 Å². The number of halogens is 1. The van der Waals surface area contributed by atoms with Gasteiger partial charge in [0, 0.05) is 21.9 Å². The van der Waals surface area contributed by atoms with E-state index < -0.39 is 0 Å². The van der Waals surface area contributed by atoms with Gasteiger partial charge >= 0.3 is 0 Å². The normalized spacial score (nSPS) is 11.6. The van der Waals surface area contributed by atoms with Gasteiger partial charge in [-0.05, 0) is 56.7 Å². The average molecular weight is 289 g/mol. The maximum atomic E-state index is 13.5. The van der Waals surface area contributed by atoms with E-state index in [0.717, 1.165) is 15.4 Å². The van der Waals surface area contributed by atoms with Crippen LogP contribution in [0.5, 0.6) is 0 Å². The highest BCUT2D eigenvalue weighted by Crippen LogP contribution is 2.31. The summed E-state index contributed by atoms with van der Waals surface area (Å²) in [7, 11) is 0. The minimum Gasteiger partial charge on any atom is -0.308 e. The van der Waals surface area contributed by atoms with Crippen molar-refractivity contribution >= 4 is 11.8 Å². The SMILES string of the molecule is CC(C)(C)NCc1cc(F)ccc1Sc1ccccc1. The molecular weight excluding hydrogens is 269 g/mol. The van der Waals surface area contributed by atoms with Crippen LogP contribution >= 0.6 is 11.8 Å². The Morgan fingerprint density at radius 3 is 2.40 bits per heavy atom. The van der Waals surface area contributed by atoms with E-state index in [9.17, 15) is 4.39 Å². The second kappa shape index (κ2) is 6.42. The summed E-state index contributed by atoms with van der Waals surface area (Å²) in [6, 6.07) is 15.1. The molecule has 20 heavy (non-hydrogen) atoms. The van der Waals surface area contributed by atoms with Gasteiger partial charge in [-0.1, -0.05) is 30.0 Å². The quantitative estimate of drug-likeness (QED) is 0.862. The molecule has 1 N–H and O–H groups in total. The fraction of sp³-hybridized carbons (Fsp3) is 0.294. The van der Waals surface area contributed by atoms with Gasteiger partial charge in [-0.3, -0.25) is 0 Å². The van der Waals surface area contributed by atoms with E-state index in [-0.39, 0.29) is 11.4 Å². The smallest absolute Gasteiger partial charge is 0.123 e. The Bertz CT molecular complexity index is 561. The molecule has 3 heteroatoms. The molecular formula is C17H20FNS. The van der Waals surface area contributed by atoms with Crippen LogP contribution in [-0.4, -0.2) is 5.54 Å². The predicted octanol–water partition coefficient (Wildman–Crippen LogP) is 4.87. The lowest BCUT2D eigenvalue weighted by molar-refractivity contribution is 0.422. The fourth-order valence-corrected chi connectivity index (χ4v) is 2.71. The summed E-state index contributed by atoms with van der Waals surface area (Å²) in [6.45, 7) is 6.99. The number of hydrogen-bond acceptors (Lipinski definition) is 2. The summed E-state index contributed by atoms with van der Waals surface area (Å²) < 4.78 is 13.5. The summed E-state index contributed by atoms with van der Waals surface area (Å²) in [5.74, 6) is -0.187. The largest absolute Gasteiger partial charge is 0.308 e. The van der Waals surface area contributed by atoms with Crippen molar-refractivity contribution in [1.82, 2.24) is 5.32 Å². The first-order valence-electron chi connectivity index (χ1n) is 6.70. The Labute approximate surface area is 124 Å². The molecule has 0 unspecified atom stereocenters. The third-order valence-electron chi connectivity index (χ3n) is 2.80. The van der Waals surface area contributed by atoms with Crippen molar-refractivity contribution in [3.05, 3.63) is 59.9 Å². The average Bonchev–Trinajstić information content (AvgIpc) is 2.39. The van der Waals surface area contributed by atoms with Crippen LogP contribution in [0.3, 0.4) is 0 Å². The zero-order chi connectivity index (χ0) is 14.6. The molecule has 0 saturated heterocycles. The van der Waals surface area contributed by atoms with E-state index >= 15 is 0 Å². The van der Waals surface area contributed by atoms with E-state index in [2.05, 4.69) is 38.2 Å². The molecule has 0 fully saturated rings. The zero-order valence-electron chi connectivity index (χ0n) is 12.1. The zero-order valence-corrected chi connectivity index (χ0v) is 12.9. The lowest BCUT2D eigenvalue weighted by atomic mass is 10.1. The van der Waals surface area contributed by atoms with E-state index in [4.69, 9.17) is 0 Å². The van der Waals surface area contributed by atoms with Crippen molar-refractivity contribution in [3.8, 4) is 0 Å². The lowest BCUT2D eigenvalue weighted by Crippen LogP contribution is -2.35. The van der Waals surface area contributed by atoms with Crippen molar-refractivity contribution in [2.24, 2.45) is 0 Å². The molecule has 0 aliphatic carbocycles. The molecule has 0 aromatic heterocycles. The summed E-state index contributed by atoms with van der Waals surface area (Å²) in [5.41, 5.74) is 1.01. The minimum atomic E-state index is -0.187. The maximum Gasteiger partial charge on any atom is 0.123 e. The van der Waals surface area contributed by atoms with Gasteiger partial charge in [0.05, 0.1) is 0 Å². The Morgan fingerprint density at radius 1 is 1.05 bits per heavy atom. The van der Waals surface area contributed by atoms with E-state index in [0.29, 0.717) is 6.54 Å². The van der Waals surface area contributed by atoms with Crippen molar-refractivity contribution in [1.29, 1.82) is 0 Å². The van der Waals surface area contributed by atoms with Gasteiger partial charge in [-0.2, -0.15) is 0 Å². The molecule has 2 aromatic carbocycles. The highest BCUT2D eigenvalue weighted by atomic mass is 32.2. The third kappa shape index (κ3) is 4.66. The van der Waals surface area contributed by atoms with Gasteiger partial charge in [0.1, 0.15) is 5.82 Å². The van der Waals surface area contributed by atoms with Gasteiger partial charge in [-0.25, -0.2) is 4.39 Å². The fourth-order valence-electron chi connectivity index (χ4n) is 1.76. The highest BCUT2D eigenvalue weighted by Gasteiger charge is 2.11. The van der Waals surface area contributed by atoms with Gasteiger partial charge in [0.25, 0.3) is 0 Å². The Morgan fingerprint density at radius 2 is 1.75 bits per heavy atom. The standard InChI is InChI=1S/C17H20FNS/c1-17(2,3)19-12-13-11-14(18)9-10-16(13)20-15-7-5-4-6-8-15/h4-11,19H,12H2,1-3H3. The molecule has 0 bridgehead atoms. The van der Waals surface area contributed by atoms with Crippen LogP contribution in [0.25, 0.3) is 0 Å². The van der Waals surface area contributed by atoms with Crippen LogP contribution in [-0.2, 0) is 6.54 Å². The van der Waals surface area contributed by atoms with Gasteiger partial charge in [0.2, 0.25) is 0 Å². The molecule has 0 spiro atoms. The number of hydrogen-bond donors (Lipinski definition) is 1. The van der Waals surface area contributed by atoms with E-state index in [1.807, 2.05) is 24.3 Å². The molecule has 0 atom stereocenters. The summed E-state index contributed by atoms with van der Waals surface area (Å²) in [4.78, 5) is 2.26. The van der Waals surface area contributed by atoms with Crippen molar-refractivity contribution in [2.45, 2.75) is 42.6 Å². The van der Waals surface area contributed by atoms with E-state index in [1.54, 1.807) is 17.8 Å². The van der Waals surface area contributed by atoms with Gasteiger partial charge < -0.3 is 5.32 Å². The van der Waals surface area contributed by atoms with Crippen LogP contribution in [0.1, 0.15) is 26.3 Å². The topological polar surface area (TPSA) is 12.0 Å². The molecule has 2 aromatic rings. The number of nitrogens with one attached hydrogen (secondary N) is 1. The van der Waals surface area contributed by atoms with Crippen molar-refractivity contribution in [3.63, 3.8) is 0 Å². The van der Waals surface area contributed by atoms with Crippen molar-refractivity contribution < 1.29 is 4.39 Å². The molecule has 0 radical (unpaired) electrons. The van der Waals surface area contributed by atoms with Crippen LogP contribution in [0, 0.1) is 5.82 Å². The van der Waals surface area contributed by atoms with E-state index in [1.165, 1.54) is 6.07 Å². The van der Waals surface area contributed by atoms with Crippen LogP contribution < -0.4 is 5.32 Å². The first-order valence-corrected chi connectivity index (χ1v) is 7.52. The molecule has 0 saturated carbocycles. The summed E-state index contributed by atoms with van der Waals surface area (Å²) in [6.07, 6.45) is 0. The molecule has 0 aliphatic heterocycles. The molecule has 0 aliphatic rings. The minimum absolute atomic E-state index is 0.0149. The Kier molecular flexibility index (Phi) is 4.84. The van der Waals surface area contributed by atoms with Crippen LogP contribution in [0.2, 0.25) is 0 Å². The Hall–Kier alpha value is -1.32. The van der Waals surface area contributed by atoms with Gasteiger partial charge in [-0.15, -0.1) is 0 Å².